The molecule has 0 unspecified atom stereocenters. The third-order valence-corrected chi connectivity index (χ3v) is 6.00. The molecule has 4 atom stereocenters. The fraction of sp³-hybridized carbons (Fsp3) is 0.167. The molecule has 6 nitrogen and oxygen atoms in total. The van der Waals surface area contributed by atoms with Gasteiger partial charge in [0.1, 0.15) is 12.1 Å². The molecule has 0 amide bonds. The van der Waals surface area contributed by atoms with E-state index in [1.165, 1.54) is 0 Å². The second-order valence-corrected chi connectivity index (χ2v) is 7.59. The van der Waals surface area contributed by atoms with E-state index >= 15 is 0 Å². The molecule has 0 spiro atoms. The Morgan fingerprint density at radius 3 is 2.23 bits per heavy atom. The standard InChI is InChI=1S/C24H19N3O3/c28-24(17-11-5-2-6-12-17)23-20(16-9-3-1-4-10-16)22(27(29)30)21-19-14-8-7-13-18(19)15-25-26(21)23/h1-15,20-23H/t20-,21-,22-,23+/m1/s1. The lowest BCUT2D eigenvalue weighted by atomic mass is 9.82. The van der Waals surface area contributed by atoms with Crippen LogP contribution in [0.3, 0.4) is 0 Å². The monoisotopic (exact) mass is 397 g/mol. The van der Waals surface area contributed by atoms with Crippen LogP contribution in [0.1, 0.15) is 39.0 Å². The zero-order chi connectivity index (χ0) is 20.7. The zero-order valence-corrected chi connectivity index (χ0v) is 16.0. The Morgan fingerprint density at radius 1 is 0.900 bits per heavy atom. The average Bonchev–Trinajstić information content (AvgIpc) is 3.16. The van der Waals surface area contributed by atoms with Crippen LogP contribution in [0.5, 0.6) is 0 Å². The van der Waals surface area contributed by atoms with E-state index in [0.717, 1.165) is 16.7 Å². The number of carbonyl (C=O) groups excluding carboxylic acids is 1. The smallest absolute Gasteiger partial charge is 0.248 e. The van der Waals surface area contributed by atoms with Crippen LogP contribution in [0, 0.1) is 10.1 Å². The van der Waals surface area contributed by atoms with Crippen LogP contribution in [0.4, 0.5) is 0 Å². The molecule has 1 fully saturated rings. The minimum atomic E-state index is -0.997. The Hall–Kier alpha value is -3.80. The van der Waals surface area contributed by atoms with Gasteiger partial charge in [-0.1, -0.05) is 84.9 Å². The largest absolute Gasteiger partial charge is 0.292 e. The van der Waals surface area contributed by atoms with Gasteiger partial charge in [-0.15, -0.1) is 0 Å². The summed E-state index contributed by atoms with van der Waals surface area (Å²) in [7, 11) is 0. The van der Waals surface area contributed by atoms with Crippen molar-refractivity contribution < 1.29 is 9.72 Å². The number of hydrogen-bond acceptors (Lipinski definition) is 5. The van der Waals surface area contributed by atoms with Gasteiger partial charge in [-0.3, -0.25) is 19.9 Å². The predicted molar refractivity (Wildman–Crippen MR) is 113 cm³/mol. The molecule has 0 aromatic heterocycles. The maximum absolute atomic E-state index is 13.6. The summed E-state index contributed by atoms with van der Waals surface area (Å²) in [5.74, 6) is -0.780. The number of ketones is 1. The predicted octanol–water partition coefficient (Wildman–Crippen LogP) is 4.07. The average molecular weight is 397 g/mol. The topological polar surface area (TPSA) is 75.8 Å². The minimum absolute atomic E-state index is 0.157. The summed E-state index contributed by atoms with van der Waals surface area (Å²) >= 11 is 0. The molecule has 6 heteroatoms. The summed E-state index contributed by atoms with van der Waals surface area (Å²) in [6.45, 7) is 0. The van der Waals surface area contributed by atoms with E-state index in [2.05, 4.69) is 5.10 Å². The fourth-order valence-electron chi connectivity index (χ4n) is 4.73. The van der Waals surface area contributed by atoms with Crippen molar-refractivity contribution in [2.45, 2.75) is 24.0 Å². The van der Waals surface area contributed by atoms with Gasteiger partial charge in [0, 0.05) is 16.1 Å². The molecule has 0 aliphatic carbocycles. The van der Waals surface area contributed by atoms with E-state index in [1.54, 1.807) is 35.5 Å². The van der Waals surface area contributed by atoms with Gasteiger partial charge in [0.2, 0.25) is 6.04 Å². The van der Waals surface area contributed by atoms with Crippen LogP contribution in [0.15, 0.2) is 90.0 Å². The number of benzene rings is 3. The third kappa shape index (κ3) is 2.80. The van der Waals surface area contributed by atoms with Gasteiger partial charge >= 0.3 is 0 Å². The highest BCUT2D eigenvalue weighted by molar-refractivity contribution is 6.01. The summed E-state index contributed by atoms with van der Waals surface area (Å²) in [5, 5.41) is 18.6. The van der Waals surface area contributed by atoms with E-state index in [1.807, 2.05) is 60.7 Å². The van der Waals surface area contributed by atoms with Crippen LogP contribution >= 0.6 is 0 Å². The van der Waals surface area contributed by atoms with Crippen LogP contribution in [0.25, 0.3) is 0 Å². The minimum Gasteiger partial charge on any atom is -0.292 e. The second-order valence-electron chi connectivity index (χ2n) is 7.59. The second kappa shape index (κ2) is 7.22. The maximum Gasteiger partial charge on any atom is 0.248 e. The van der Waals surface area contributed by atoms with Gasteiger partial charge in [-0.05, 0) is 11.1 Å². The first kappa shape index (κ1) is 18.2. The molecule has 2 heterocycles. The van der Waals surface area contributed by atoms with Crippen molar-refractivity contribution >= 4 is 12.0 Å². The summed E-state index contributed by atoms with van der Waals surface area (Å²) in [5.41, 5.74) is 2.99. The summed E-state index contributed by atoms with van der Waals surface area (Å²) < 4.78 is 0. The lowest BCUT2D eigenvalue weighted by molar-refractivity contribution is -0.529. The third-order valence-electron chi connectivity index (χ3n) is 6.00. The molecule has 0 N–H and O–H groups in total. The van der Waals surface area contributed by atoms with Crippen molar-refractivity contribution in [1.29, 1.82) is 0 Å². The Labute approximate surface area is 173 Å². The first-order valence-corrected chi connectivity index (χ1v) is 9.86. The van der Waals surface area contributed by atoms with Gasteiger partial charge < -0.3 is 0 Å². The number of carbonyl (C=O) groups is 1. The maximum atomic E-state index is 13.6. The molecule has 3 aromatic rings. The summed E-state index contributed by atoms with van der Waals surface area (Å²) in [4.78, 5) is 25.8. The van der Waals surface area contributed by atoms with Gasteiger partial charge in [0.25, 0.3) is 0 Å². The number of fused-ring (bicyclic) bond motifs is 3. The number of nitrogens with zero attached hydrogens (tertiary/aromatic N) is 3. The molecule has 5 rings (SSSR count). The Morgan fingerprint density at radius 2 is 1.53 bits per heavy atom. The number of hydrogen-bond donors (Lipinski definition) is 0. The number of hydrazone groups is 1. The Bertz CT molecular complexity index is 1130. The number of rotatable bonds is 4. The van der Waals surface area contributed by atoms with Crippen LogP contribution < -0.4 is 0 Å². The van der Waals surface area contributed by atoms with Crippen molar-refractivity contribution in [2.24, 2.45) is 5.10 Å². The van der Waals surface area contributed by atoms with Gasteiger partial charge in [0.05, 0.1) is 12.1 Å². The normalized spacial score (nSPS) is 24.2. The molecule has 0 bridgehead atoms. The van der Waals surface area contributed by atoms with Gasteiger partial charge in [0.15, 0.2) is 5.78 Å². The van der Waals surface area contributed by atoms with Crippen molar-refractivity contribution in [3.05, 3.63) is 117 Å². The molecule has 148 valence electrons. The molecule has 2 aliphatic rings. The van der Waals surface area contributed by atoms with Crippen molar-refractivity contribution in [2.75, 3.05) is 0 Å². The van der Waals surface area contributed by atoms with Crippen LogP contribution in [-0.2, 0) is 0 Å². The van der Waals surface area contributed by atoms with Crippen molar-refractivity contribution in [1.82, 2.24) is 5.01 Å². The molecule has 0 saturated carbocycles. The Kier molecular flexibility index (Phi) is 4.39. The molecule has 1 saturated heterocycles. The summed E-state index contributed by atoms with van der Waals surface area (Å²) in [6.07, 6.45) is 1.70. The highest BCUT2D eigenvalue weighted by Gasteiger charge is 2.60. The van der Waals surface area contributed by atoms with Crippen LogP contribution in [-0.4, -0.2) is 34.0 Å². The van der Waals surface area contributed by atoms with Crippen LogP contribution in [0.2, 0.25) is 0 Å². The highest BCUT2D eigenvalue weighted by Crippen LogP contribution is 2.49. The van der Waals surface area contributed by atoms with E-state index in [4.69, 9.17) is 0 Å². The molecular formula is C24H19N3O3. The van der Waals surface area contributed by atoms with Gasteiger partial charge in [-0.2, -0.15) is 5.10 Å². The molecular weight excluding hydrogens is 378 g/mol. The quantitative estimate of drug-likeness (QED) is 0.378. The summed E-state index contributed by atoms with van der Waals surface area (Å²) in [6, 6.07) is 23.4. The van der Waals surface area contributed by atoms with Gasteiger partial charge in [-0.25, -0.2) is 0 Å². The SMILES string of the molecule is O=C(c1ccccc1)[C@@H]1[C@H](c2ccccc2)[C@@H]([N+](=O)[O-])[C@H]2c3ccccc3C=NN12. The molecule has 30 heavy (non-hydrogen) atoms. The Balaban J connectivity index is 1.71. The first-order chi connectivity index (χ1) is 14.7. The lowest BCUT2D eigenvalue weighted by Gasteiger charge is -2.30. The van der Waals surface area contributed by atoms with E-state index < -0.39 is 24.0 Å². The van der Waals surface area contributed by atoms with Crippen molar-refractivity contribution in [3.8, 4) is 0 Å². The number of nitro groups is 1. The molecule has 2 aliphatic heterocycles. The van der Waals surface area contributed by atoms with E-state index in [9.17, 15) is 14.9 Å². The van der Waals surface area contributed by atoms with Crippen molar-refractivity contribution in [3.63, 3.8) is 0 Å². The highest BCUT2D eigenvalue weighted by atomic mass is 16.6. The van der Waals surface area contributed by atoms with E-state index in [0.29, 0.717) is 5.56 Å². The first-order valence-electron chi connectivity index (χ1n) is 9.86. The lowest BCUT2D eigenvalue weighted by Crippen LogP contribution is -2.38. The molecule has 0 radical (unpaired) electrons. The fourth-order valence-corrected chi connectivity index (χ4v) is 4.73. The molecule has 3 aromatic carbocycles. The van der Waals surface area contributed by atoms with E-state index in [-0.39, 0.29) is 10.7 Å². The number of Topliss-reactive ketones (excluding diaryl/α,β-unsaturated/α-hetero) is 1. The zero-order valence-electron chi connectivity index (χ0n) is 16.0.